The van der Waals surface area contributed by atoms with Crippen LogP contribution < -0.4 is 9.62 Å². The Morgan fingerprint density at radius 1 is 1.00 bits per heavy atom. The highest BCUT2D eigenvalue weighted by molar-refractivity contribution is 7.92. The van der Waals surface area contributed by atoms with Crippen molar-refractivity contribution >= 4 is 50.7 Å². The number of nitrogens with one attached hydrogen (secondary N) is 1. The van der Waals surface area contributed by atoms with Crippen molar-refractivity contribution in [1.29, 1.82) is 0 Å². The molecular weight excluding hydrogens is 600 g/mol. The van der Waals surface area contributed by atoms with Crippen molar-refractivity contribution < 1.29 is 22.4 Å². The minimum absolute atomic E-state index is 0.00300. The maximum Gasteiger partial charge on any atom is 0.264 e. The number of hydrogen-bond acceptors (Lipinski definition) is 4. The zero-order chi connectivity index (χ0) is 30.4. The molecule has 1 atom stereocenters. The van der Waals surface area contributed by atoms with Crippen LogP contribution in [0.5, 0.6) is 0 Å². The zero-order valence-corrected chi connectivity index (χ0v) is 25.9. The maximum atomic E-state index is 14.7. The van der Waals surface area contributed by atoms with Crippen LogP contribution in [0.1, 0.15) is 50.2 Å². The van der Waals surface area contributed by atoms with Crippen molar-refractivity contribution in [3.63, 3.8) is 0 Å². The van der Waals surface area contributed by atoms with Gasteiger partial charge in [-0.1, -0.05) is 78.4 Å². The van der Waals surface area contributed by atoms with Crippen LogP contribution in [0.3, 0.4) is 0 Å². The van der Waals surface area contributed by atoms with Gasteiger partial charge < -0.3 is 10.2 Å². The van der Waals surface area contributed by atoms with E-state index in [0.717, 1.165) is 42.0 Å². The normalized spacial score (nSPS) is 14.7. The first-order chi connectivity index (χ1) is 20.0. The Morgan fingerprint density at radius 3 is 2.33 bits per heavy atom. The Morgan fingerprint density at radius 2 is 1.67 bits per heavy atom. The molecule has 0 radical (unpaired) electrons. The summed E-state index contributed by atoms with van der Waals surface area (Å²) < 4.78 is 43.5. The van der Waals surface area contributed by atoms with Crippen molar-refractivity contribution in [1.82, 2.24) is 10.2 Å². The predicted octanol–water partition coefficient (Wildman–Crippen LogP) is 6.50. The summed E-state index contributed by atoms with van der Waals surface area (Å²) in [7, 11) is -4.32. The molecule has 1 aliphatic rings. The van der Waals surface area contributed by atoms with Gasteiger partial charge in [0, 0.05) is 23.2 Å². The molecule has 3 aromatic rings. The third-order valence-corrected chi connectivity index (χ3v) is 9.81. The van der Waals surface area contributed by atoms with Gasteiger partial charge in [-0.3, -0.25) is 13.9 Å². The quantitative estimate of drug-likeness (QED) is 0.276. The average molecular weight is 635 g/mol. The Bertz CT molecular complexity index is 1530. The molecule has 3 aromatic carbocycles. The fourth-order valence-electron chi connectivity index (χ4n) is 4.99. The molecule has 4 rings (SSSR count). The first kappa shape index (κ1) is 31.8. The number of aryl methyl sites for hydroxylation is 1. The lowest BCUT2D eigenvalue weighted by Crippen LogP contribution is -2.53. The molecule has 42 heavy (non-hydrogen) atoms. The molecule has 1 aliphatic carbocycles. The summed E-state index contributed by atoms with van der Waals surface area (Å²) in [5.41, 5.74) is 1.05. The topological polar surface area (TPSA) is 86.8 Å². The molecule has 1 fully saturated rings. The smallest absolute Gasteiger partial charge is 0.264 e. The van der Waals surface area contributed by atoms with Crippen LogP contribution in [-0.2, 0) is 26.2 Å². The lowest BCUT2D eigenvalue weighted by molar-refractivity contribution is -0.139. The van der Waals surface area contributed by atoms with E-state index in [2.05, 4.69) is 5.32 Å². The standard InChI is InChI=1S/C31H34Cl2FN3O4S/c1-21-12-15-26(16-13-21)42(40,41)37(29-18-24(32)14-17-27(29)33)20-30(38)36(19-23-8-6-7-11-28(23)34)22(2)31(39)35-25-9-4-3-5-10-25/h6-8,11-18,22,25H,3-5,9-10,19-20H2,1-2H3,(H,35,39)/t22-/m0/s1. The molecule has 0 aromatic heterocycles. The van der Waals surface area contributed by atoms with Crippen LogP contribution in [0.15, 0.2) is 71.6 Å². The number of nitrogens with zero attached hydrogens (tertiary/aromatic N) is 2. The highest BCUT2D eigenvalue weighted by Gasteiger charge is 2.34. The van der Waals surface area contributed by atoms with Gasteiger partial charge in [0.05, 0.1) is 15.6 Å². The molecule has 0 aliphatic heterocycles. The van der Waals surface area contributed by atoms with E-state index in [-0.39, 0.29) is 44.7 Å². The van der Waals surface area contributed by atoms with Crippen LogP contribution in [0.25, 0.3) is 0 Å². The fraction of sp³-hybridized carbons (Fsp3) is 0.355. The number of anilines is 1. The minimum Gasteiger partial charge on any atom is -0.352 e. The number of benzene rings is 3. The van der Waals surface area contributed by atoms with Crippen LogP contribution in [0, 0.1) is 12.7 Å². The number of carbonyl (C=O) groups excluding carboxylic acids is 2. The summed E-state index contributed by atoms with van der Waals surface area (Å²) in [5, 5.41) is 3.30. The first-order valence-corrected chi connectivity index (χ1v) is 16.0. The van der Waals surface area contributed by atoms with Crippen molar-refractivity contribution in [2.24, 2.45) is 0 Å². The summed E-state index contributed by atoms with van der Waals surface area (Å²) in [5.74, 6) is -1.64. The van der Waals surface area contributed by atoms with Gasteiger partial charge in [-0.25, -0.2) is 12.8 Å². The number of sulfonamides is 1. The Hall–Kier alpha value is -3.14. The number of hydrogen-bond donors (Lipinski definition) is 1. The van der Waals surface area contributed by atoms with Crippen LogP contribution in [0.2, 0.25) is 10.0 Å². The second-order valence-electron chi connectivity index (χ2n) is 10.6. The zero-order valence-electron chi connectivity index (χ0n) is 23.5. The van der Waals surface area contributed by atoms with E-state index >= 15 is 0 Å². The molecule has 0 unspecified atom stereocenters. The molecule has 0 spiro atoms. The molecule has 0 bridgehead atoms. The Balaban J connectivity index is 1.72. The number of halogens is 3. The lowest BCUT2D eigenvalue weighted by Gasteiger charge is -2.33. The van der Waals surface area contributed by atoms with Gasteiger partial charge >= 0.3 is 0 Å². The summed E-state index contributed by atoms with van der Waals surface area (Å²) in [6, 6.07) is 15.4. The fourth-order valence-corrected chi connectivity index (χ4v) is 6.85. The van der Waals surface area contributed by atoms with Gasteiger partial charge in [0.1, 0.15) is 18.4 Å². The monoisotopic (exact) mass is 633 g/mol. The van der Waals surface area contributed by atoms with Crippen LogP contribution in [0.4, 0.5) is 10.1 Å². The summed E-state index contributed by atoms with van der Waals surface area (Å²) in [4.78, 5) is 28.6. The molecular formula is C31H34Cl2FN3O4S. The Labute approximate surface area is 256 Å². The van der Waals surface area contributed by atoms with Crippen molar-refractivity contribution in [3.8, 4) is 0 Å². The van der Waals surface area contributed by atoms with Gasteiger partial charge in [0.15, 0.2) is 0 Å². The van der Waals surface area contributed by atoms with Crippen LogP contribution >= 0.6 is 23.2 Å². The van der Waals surface area contributed by atoms with Crippen molar-refractivity contribution in [2.45, 2.75) is 69.5 Å². The summed E-state index contributed by atoms with van der Waals surface area (Å²) >= 11 is 12.7. The van der Waals surface area contributed by atoms with E-state index in [4.69, 9.17) is 23.2 Å². The third-order valence-electron chi connectivity index (χ3n) is 7.48. The molecule has 0 saturated heterocycles. The maximum absolute atomic E-state index is 14.7. The van der Waals surface area contributed by atoms with E-state index in [1.54, 1.807) is 25.1 Å². The van der Waals surface area contributed by atoms with Gasteiger partial charge in [0.2, 0.25) is 11.8 Å². The highest BCUT2D eigenvalue weighted by atomic mass is 35.5. The number of rotatable bonds is 10. The summed E-state index contributed by atoms with van der Waals surface area (Å²) in [6.45, 7) is 2.44. The molecule has 11 heteroatoms. The van der Waals surface area contributed by atoms with E-state index < -0.39 is 34.3 Å². The summed E-state index contributed by atoms with van der Waals surface area (Å²) in [6.07, 6.45) is 4.80. The predicted molar refractivity (Wildman–Crippen MR) is 164 cm³/mol. The highest BCUT2D eigenvalue weighted by Crippen LogP contribution is 2.33. The number of carbonyl (C=O) groups is 2. The largest absolute Gasteiger partial charge is 0.352 e. The van der Waals surface area contributed by atoms with E-state index in [1.807, 2.05) is 6.92 Å². The molecule has 1 N–H and O–H groups in total. The molecule has 2 amide bonds. The first-order valence-electron chi connectivity index (χ1n) is 13.8. The SMILES string of the molecule is Cc1ccc(S(=O)(=O)N(CC(=O)N(Cc2ccccc2F)[C@@H](C)C(=O)NC2CCCCC2)c2cc(Cl)ccc2Cl)cc1. The van der Waals surface area contributed by atoms with Crippen molar-refractivity contribution in [2.75, 3.05) is 10.8 Å². The molecule has 224 valence electrons. The van der Waals surface area contributed by atoms with Crippen molar-refractivity contribution in [3.05, 3.63) is 93.7 Å². The van der Waals surface area contributed by atoms with Gasteiger partial charge in [-0.05, 0) is 63.1 Å². The van der Waals surface area contributed by atoms with Gasteiger partial charge in [-0.15, -0.1) is 0 Å². The second kappa shape index (κ2) is 13.9. The number of amides is 2. The molecule has 7 nitrogen and oxygen atoms in total. The Kier molecular flexibility index (Phi) is 10.5. The van der Waals surface area contributed by atoms with Gasteiger partial charge in [-0.2, -0.15) is 0 Å². The average Bonchev–Trinajstić information content (AvgIpc) is 2.97. The van der Waals surface area contributed by atoms with E-state index in [1.165, 1.54) is 53.4 Å². The van der Waals surface area contributed by atoms with Gasteiger partial charge in [0.25, 0.3) is 10.0 Å². The van der Waals surface area contributed by atoms with Crippen LogP contribution in [-0.4, -0.2) is 43.8 Å². The second-order valence-corrected chi connectivity index (χ2v) is 13.3. The minimum atomic E-state index is -4.32. The van der Waals surface area contributed by atoms with E-state index in [0.29, 0.717) is 0 Å². The molecule has 0 heterocycles. The molecule has 1 saturated carbocycles. The lowest BCUT2D eigenvalue weighted by atomic mass is 9.95. The van der Waals surface area contributed by atoms with E-state index in [9.17, 15) is 22.4 Å². The third kappa shape index (κ3) is 7.62.